The van der Waals surface area contributed by atoms with Crippen molar-refractivity contribution < 1.29 is 19.1 Å². The first-order valence-corrected chi connectivity index (χ1v) is 7.07. The van der Waals surface area contributed by atoms with Gasteiger partial charge in [0.1, 0.15) is 5.76 Å². The zero-order valence-electron chi connectivity index (χ0n) is 10.7. The second kappa shape index (κ2) is 6.91. The van der Waals surface area contributed by atoms with Gasteiger partial charge in [0.05, 0.1) is 19.2 Å². The van der Waals surface area contributed by atoms with Gasteiger partial charge in [0.15, 0.2) is 0 Å². The van der Waals surface area contributed by atoms with Gasteiger partial charge in [-0.2, -0.15) is 0 Å². The lowest BCUT2D eigenvalue weighted by atomic mass is 9.99. The highest BCUT2D eigenvalue weighted by molar-refractivity contribution is 7.10. The molecule has 0 aliphatic rings. The third kappa shape index (κ3) is 4.24. The Bertz CT molecular complexity index is 548. The molecule has 2 heterocycles. The van der Waals surface area contributed by atoms with E-state index in [9.17, 15) is 9.59 Å². The molecule has 6 heteroatoms. The third-order valence-corrected chi connectivity index (χ3v) is 3.87. The average molecular weight is 293 g/mol. The Morgan fingerprint density at radius 2 is 2.15 bits per heavy atom. The number of nitrogens with one attached hydrogen (secondary N) is 1. The minimum Gasteiger partial charge on any atom is -0.481 e. The molecule has 5 nitrogen and oxygen atoms in total. The molecule has 0 radical (unpaired) electrons. The summed E-state index contributed by atoms with van der Waals surface area (Å²) in [5.74, 6) is -0.698. The molecule has 1 amide bonds. The molecule has 0 bridgehead atoms. The van der Waals surface area contributed by atoms with Crippen LogP contribution in [0.3, 0.4) is 0 Å². The second-order valence-electron chi connectivity index (χ2n) is 4.37. The van der Waals surface area contributed by atoms with Crippen LogP contribution < -0.4 is 5.32 Å². The Morgan fingerprint density at radius 1 is 1.30 bits per heavy atom. The van der Waals surface area contributed by atoms with E-state index in [4.69, 9.17) is 9.52 Å². The predicted octanol–water partition coefficient (Wildman–Crippen LogP) is 2.61. The van der Waals surface area contributed by atoms with Gasteiger partial charge in [-0.05, 0) is 23.6 Å². The number of carbonyl (C=O) groups is 2. The van der Waals surface area contributed by atoms with Crippen molar-refractivity contribution in [3.05, 3.63) is 46.5 Å². The van der Waals surface area contributed by atoms with Crippen LogP contribution in [-0.4, -0.2) is 17.0 Å². The van der Waals surface area contributed by atoms with Gasteiger partial charge in [0.25, 0.3) is 0 Å². The fourth-order valence-electron chi connectivity index (χ4n) is 1.90. The van der Waals surface area contributed by atoms with E-state index in [1.165, 1.54) is 11.3 Å². The number of amides is 1. The lowest BCUT2D eigenvalue weighted by Gasteiger charge is -2.12. The lowest BCUT2D eigenvalue weighted by Crippen LogP contribution is -2.25. The quantitative estimate of drug-likeness (QED) is 0.822. The van der Waals surface area contributed by atoms with Gasteiger partial charge in [0, 0.05) is 17.2 Å². The van der Waals surface area contributed by atoms with Crippen LogP contribution in [0, 0.1) is 0 Å². The van der Waals surface area contributed by atoms with Gasteiger partial charge in [-0.3, -0.25) is 9.59 Å². The molecule has 2 N–H and O–H groups in total. The molecule has 0 unspecified atom stereocenters. The largest absolute Gasteiger partial charge is 0.481 e. The first-order valence-electron chi connectivity index (χ1n) is 6.19. The summed E-state index contributed by atoms with van der Waals surface area (Å²) in [6.07, 6.45) is 1.66. The van der Waals surface area contributed by atoms with Crippen molar-refractivity contribution in [2.24, 2.45) is 0 Å². The maximum absolute atomic E-state index is 11.9. The van der Waals surface area contributed by atoms with Gasteiger partial charge >= 0.3 is 5.97 Å². The molecular formula is C14H15NO4S. The molecule has 0 spiro atoms. The molecule has 2 aromatic heterocycles. The van der Waals surface area contributed by atoms with Gasteiger partial charge in [-0.1, -0.05) is 6.07 Å². The zero-order chi connectivity index (χ0) is 14.4. The molecule has 0 fully saturated rings. The van der Waals surface area contributed by atoms with Crippen molar-refractivity contribution in [2.75, 3.05) is 0 Å². The second-order valence-corrected chi connectivity index (χ2v) is 5.35. The van der Waals surface area contributed by atoms with Crippen molar-refractivity contribution in [1.82, 2.24) is 5.32 Å². The number of carbonyl (C=O) groups excluding carboxylic acids is 1. The van der Waals surface area contributed by atoms with Crippen LogP contribution in [0.25, 0.3) is 0 Å². The minimum atomic E-state index is -0.901. The maximum Gasteiger partial charge on any atom is 0.304 e. The van der Waals surface area contributed by atoms with Crippen LogP contribution in [0.1, 0.15) is 29.4 Å². The molecular weight excluding hydrogens is 278 g/mol. The normalized spacial score (nSPS) is 12.0. The van der Waals surface area contributed by atoms with E-state index in [2.05, 4.69) is 5.32 Å². The molecule has 2 rings (SSSR count). The highest BCUT2D eigenvalue weighted by Gasteiger charge is 2.20. The third-order valence-electron chi connectivity index (χ3n) is 2.84. The fraction of sp³-hybridized carbons (Fsp3) is 0.286. The number of rotatable bonds is 7. The summed E-state index contributed by atoms with van der Waals surface area (Å²) in [6.45, 7) is 0.316. The number of aliphatic carboxylic acids is 1. The Kier molecular flexibility index (Phi) is 4.95. The van der Waals surface area contributed by atoms with Crippen molar-refractivity contribution in [2.45, 2.75) is 25.3 Å². The van der Waals surface area contributed by atoms with Crippen LogP contribution in [0.2, 0.25) is 0 Å². The summed E-state index contributed by atoms with van der Waals surface area (Å²) in [7, 11) is 0. The van der Waals surface area contributed by atoms with Crippen LogP contribution in [0.4, 0.5) is 0 Å². The van der Waals surface area contributed by atoms with Gasteiger partial charge in [0.2, 0.25) is 5.91 Å². The molecule has 20 heavy (non-hydrogen) atoms. The summed E-state index contributed by atoms with van der Waals surface area (Å²) < 4.78 is 5.12. The van der Waals surface area contributed by atoms with Crippen LogP contribution in [-0.2, 0) is 16.1 Å². The summed E-state index contributed by atoms with van der Waals surface area (Å²) in [4.78, 5) is 23.7. The topological polar surface area (TPSA) is 79.5 Å². The highest BCUT2D eigenvalue weighted by Crippen LogP contribution is 2.27. The monoisotopic (exact) mass is 293 g/mol. The SMILES string of the molecule is O=C(O)C[C@H](CC(=O)NCc1ccco1)c1cccs1. The van der Waals surface area contributed by atoms with Crippen LogP contribution >= 0.6 is 11.3 Å². The van der Waals surface area contributed by atoms with E-state index >= 15 is 0 Å². The number of thiophene rings is 1. The van der Waals surface area contributed by atoms with Gasteiger partial charge in [-0.25, -0.2) is 0 Å². The van der Waals surface area contributed by atoms with Crippen LogP contribution in [0.5, 0.6) is 0 Å². The van der Waals surface area contributed by atoms with Crippen molar-refractivity contribution in [1.29, 1.82) is 0 Å². The highest BCUT2D eigenvalue weighted by atomic mass is 32.1. The summed E-state index contributed by atoms with van der Waals surface area (Å²) in [5.41, 5.74) is 0. The Labute approximate surface area is 120 Å². The molecule has 1 atom stereocenters. The first kappa shape index (κ1) is 14.3. The number of carboxylic acids is 1. The van der Waals surface area contributed by atoms with E-state index in [-0.39, 0.29) is 24.7 Å². The average Bonchev–Trinajstić information content (AvgIpc) is 3.08. The first-order chi connectivity index (χ1) is 9.65. The van der Waals surface area contributed by atoms with E-state index in [1.807, 2.05) is 17.5 Å². The molecule has 106 valence electrons. The fourth-order valence-corrected chi connectivity index (χ4v) is 2.73. The summed E-state index contributed by atoms with van der Waals surface area (Å²) >= 11 is 1.47. The number of carboxylic acid groups (broad SMARTS) is 1. The lowest BCUT2D eigenvalue weighted by molar-refractivity contribution is -0.137. The Morgan fingerprint density at radius 3 is 2.75 bits per heavy atom. The van der Waals surface area contributed by atoms with Crippen LogP contribution in [0.15, 0.2) is 40.3 Å². The number of hydrogen-bond acceptors (Lipinski definition) is 4. The molecule has 0 aliphatic heterocycles. The summed E-state index contributed by atoms with van der Waals surface area (Å²) in [5, 5.41) is 13.5. The van der Waals surface area contributed by atoms with Gasteiger partial charge in [-0.15, -0.1) is 11.3 Å². The molecule has 0 saturated carbocycles. The predicted molar refractivity (Wildman–Crippen MR) is 74.5 cm³/mol. The van der Waals surface area contributed by atoms with Crippen molar-refractivity contribution in [3.63, 3.8) is 0 Å². The van der Waals surface area contributed by atoms with E-state index in [1.54, 1.807) is 18.4 Å². The molecule has 0 saturated heterocycles. The number of furan rings is 1. The summed E-state index contributed by atoms with van der Waals surface area (Å²) in [6, 6.07) is 7.24. The minimum absolute atomic E-state index is 0.0469. The van der Waals surface area contributed by atoms with E-state index in [0.29, 0.717) is 12.3 Å². The number of hydrogen-bond donors (Lipinski definition) is 2. The van der Waals surface area contributed by atoms with Crippen molar-refractivity contribution >= 4 is 23.2 Å². The van der Waals surface area contributed by atoms with Crippen molar-refractivity contribution in [3.8, 4) is 0 Å². The van der Waals surface area contributed by atoms with E-state index < -0.39 is 5.97 Å². The maximum atomic E-state index is 11.9. The molecule has 2 aromatic rings. The Hall–Kier alpha value is -2.08. The molecule has 0 aliphatic carbocycles. The zero-order valence-corrected chi connectivity index (χ0v) is 11.6. The van der Waals surface area contributed by atoms with E-state index in [0.717, 1.165) is 4.88 Å². The smallest absolute Gasteiger partial charge is 0.304 e. The standard InChI is InChI=1S/C14H15NO4S/c16-13(15-9-11-3-1-5-19-11)7-10(8-14(17)18)12-4-2-6-20-12/h1-6,10H,7-9H2,(H,15,16)(H,17,18)/t10-/m0/s1. The Balaban J connectivity index is 1.90. The van der Waals surface area contributed by atoms with Gasteiger partial charge < -0.3 is 14.8 Å². The molecule has 0 aromatic carbocycles.